The van der Waals surface area contributed by atoms with Gasteiger partial charge in [-0.15, -0.1) is 0 Å². The molecule has 88 valence electrons. The van der Waals surface area contributed by atoms with Crippen LogP contribution in [0.4, 0.5) is 5.69 Å². The second kappa shape index (κ2) is 4.20. The van der Waals surface area contributed by atoms with Crippen molar-refractivity contribution in [2.45, 2.75) is 6.92 Å². The van der Waals surface area contributed by atoms with Crippen LogP contribution in [-0.4, -0.2) is 20.7 Å². The molecule has 1 aromatic rings. The van der Waals surface area contributed by atoms with Crippen LogP contribution in [0, 0.1) is 5.92 Å². The van der Waals surface area contributed by atoms with Gasteiger partial charge in [-0.05, 0) is 24.1 Å². The van der Waals surface area contributed by atoms with Crippen molar-refractivity contribution in [1.82, 2.24) is 0 Å². The summed E-state index contributed by atoms with van der Waals surface area (Å²) in [7, 11) is -3.20. The monoisotopic (exact) mass is 323 g/mol. The van der Waals surface area contributed by atoms with Gasteiger partial charge < -0.3 is 0 Å². The maximum atomic E-state index is 11.9. The molecule has 0 bridgehead atoms. The van der Waals surface area contributed by atoms with E-state index in [0.717, 1.165) is 4.47 Å². The van der Waals surface area contributed by atoms with E-state index in [2.05, 4.69) is 15.9 Å². The molecule has 1 aliphatic heterocycles. The molecule has 0 N–H and O–H groups in total. The summed E-state index contributed by atoms with van der Waals surface area (Å²) in [5.74, 6) is 0.329. The highest BCUT2D eigenvalue weighted by atomic mass is 79.9. The van der Waals surface area contributed by atoms with E-state index >= 15 is 0 Å². The highest BCUT2D eigenvalue weighted by Gasteiger charge is 2.34. The van der Waals surface area contributed by atoms with Crippen molar-refractivity contribution in [1.29, 1.82) is 0 Å². The average molecular weight is 325 g/mol. The minimum Gasteiger partial charge on any atom is -0.268 e. The zero-order chi connectivity index (χ0) is 11.9. The van der Waals surface area contributed by atoms with Gasteiger partial charge in [0.15, 0.2) is 0 Å². The van der Waals surface area contributed by atoms with Crippen LogP contribution in [0.2, 0.25) is 5.02 Å². The largest absolute Gasteiger partial charge is 0.268 e. The molecule has 1 unspecified atom stereocenters. The van der Waals surface area contributed by atoms with Gasteiger partial charge in [-0.2, -0.15) is 0 Å². The standard InChI is InChI=1S/C10H11BrClNO2S/c1-7-5-13(16(14,15)6-7)10-4-8(11)2-3-9(10)12/h2-4,7H,5-6H2,1H3. The summed E-state index contributed by atoms with van der Waals surface area (Å²) in [6, 6.07) is 5.22. The Bertz CT molecular complexity index is 518. The summed E-state index contributed by atoms with van der Waals surface area (Å²) in [4.78, 5) is 0. The number of nitrogens with zero attached hydrogens (tertiary/aromatic N) is 1. The molecule has 6 heteroatoms. The Balaban J connectivity index is 2.49. The topological polar surface area (TPSA) is 37.4 Å². The van der Waals surface area contributed by atoms with Crippen molar-refractivity contribution in [3.8, 4) is 0 Å². The Morgan fingerprint density at radius 2 is 2.19 bits per heavy atom. The molecule has 0 saturated carbocycles. The first-order valence-corrected chi connectivity index (χ1v) is 7.63. The smallest absolute Gasteiger partial charge is 0.235 e. The molecule has 0 spiro atoms. The van der Waals surface area contributed by atoms with Crippen molar-refractivity contribution in [3.63, 3.8) is 0 Å². The van der Waals surface area contributed by atoms with Crippen molar-refractivity contribution in [3.05, 3.63) is 27.7 Å². The molecule has 0 aliphatic carbocycles. The number of sulfonamides is 1. The normalized spacial score (nSPS) is 23.7. The summed E-state index contributed by atoms with van der Waals surface area (Å²) >= 11 is 9.34. The molecule has 1 saturated heterocycles. The molecule has 1 heterocycles. The third kappa shape index (κ3) is 2.21. The predicted octanol–water partition coefficient (Wildman–Crippen LogP) is 2.89. The van der Waals surface area contributed by atoms with Crippen LogP contribution in [0.1, 0.15) is 6.92 Å². The number of hydrogen-bond donors (Lipinski definition) is 0. The van der Waals surface area contributed by atoms with Crippen molar-refractivity contribution in [2.24, 2.45) is 5.92 Å². The van der Waals surface area contributed by atoms with Crippen LogP contribution in [-0.2, 0) is 10.0 Å². The minimum absolute atomic E-state index is 0.139. The molecular weight excluding hydrogens is 314 g/mol. The lowest BCUT2D eigenvalue weighted by Crippen LogP contribution is -2.25. The van der Waals surface area contributed by atoms with E-state index in [9.17, 15) is 8.42 Å². The van der Waals surface area contributed by atoms with E-state index < -0.39 is 10.0 Å². The second-order valence-corrected chi connectivity index (χ2v) is 7.27. The zero-order valence-electron chi connectivity index (χ0n) is 8.65. The van der Waals surface area contributed by atoms with Gasteiger partial charge in [0.05, 0.1) is 16.5 Å². The molecule has 1 atom stereocenters. The summed E-state index contributed by atoms with van der Waals surface area (Å²) in [6.07, 6.45) is 0. The van der Waals surface area contributed by atoms with E-state index in [1.807, 2.05) is 6.92 Å². The van der Waals surface area contributed by atoms with E-state index in [4.69, 9.17) is 11.6 Å². The first-order valence-electron chi connectivity index (χ1n) is 4.85. The minimum atomic E-state index is -3.20. The van der Waals surface area contributed by atoms with E-state index in [-0.39, 0.29) is 11.7 Å². The van der Waals surface area contributed by atoms with Gasteiger partial charge in [0.25, 0.3) is 0 Å². The third-order valence-corrected chi connectivity index (χ3v) is 5.31. The summed E-state index contributed by atoms with van der Waals surface area (Å²) < 4.78 is 26.0. The lowest BCUT2D eigenvalue weighted by Gasteiger charge is -2.18. The molecule has 1 aromatic carbocycles. The Morgan fingerprint density at radius 3 is 2.75 bits per heavy atom. The molecule has 1 aliphatic rings. The van der Waals surface area contributed by atoms with Crippen LogP contribution < -0.4 is 4.31 Å². The molecule has 3 nitrogen and oxygen atoms in total. The highest BCUT2D eigenvalue weighted by Crippen LogP contribution is 2.34. The Kier molecular flexibility index (Phi) is 3.20. The van der Waals surface area contributed by atoms with E-state index in [0.29, 0.717) is 17.3 Å². The van der Waals surface area contributed by atoms with Crippen LogP contribution in [0.15, 0.2) is 22.7 Å². The first-order chi connectivity index (χ1) is 7.40. The fourth-order valence-electron chi connectivity index (χ4n) is 1.82. The molecule has 16 heavy (non-hydrogen) atoms. The molecule has 0 radical (unpaired) electrons. The van der Waals surface area contributed by atoms with Crippen LogP contribution in [0.3, 0.4) is 0 Å². The van der Waals surface area contributed by atoms with Gasteiger partial charge in [0, 0.05) is 11.0 Å². The highest BCUT2D eigenvalue weighted by molar-refractivity contribution is 9.10. The number of anilines is 1. The lowest BCUT2D eigenvalue weighted by atomic mass is 10.2. The number of benzene rings is 1. The van der Waals surface area contributed by atoms with Gasteiger partial charge in [-0.25, -0.2) is 8.42 Å². The predicted molar refractivity (Wildman–Crippen MR) is 69.4 cm³/mol. The van der Waals surface area contributed by atoms with Gasteiger partial charge in [-0.1, -0.05) is 34.5 Å². The molecule has 1 fully saturated rings. The number of hydrogen-bond acceptors (Lipinski definition) is 2. The van der Waals surface area contributed by atoms with Crippen LogP contribution in [0.5, 0.6) is 0 Å². The van der Waals surface area contributed by atoms with Gasteiger partial charge in [-0.3, -0.25) is 4.31 Å². The Labute approximate surface area is 109 Å². The second-order valence-electron chi connectivity index (χ2n) is 4.01. The lowest BCUT2D eigenvalue weighted by molar-refractivity contribution is 0.598. The molecular formula is C10H11BrClNO2S. The van der Waals surface area contributed by atoms with Gasteiger partial charge in [0.2, 0.25) is 10.0 Å². The van der Waals surface area contributed by atoms with Crippen LogP contribution in [0.25, 0.3) is 0 Å². The number of halogens is 2. The van der Waals surface area contributed by atoms with Crippen molar-refractivity contribution in [2.75, 3.05) is 16.6 Å². The summed E-state index contributed by atoms with van der Waals surface area (Å²) in [5.41, 5.74) is 0.556. The van der Waals surface area contributed by atoms with Gasteiger partial charge >= 0.3 is 0 Å². The zero-order valence-corrected chi connectivity index (χ0v) is 11.8. The molecule has 0 amide bonds. The first kappa shape index (κ1) is 12.2. The van der Waals surface area contributed by atoms with Crippen LogP contribution >= 0.6 is 27.5 Å². The number of rotatable bonds is 1. The SMILES string of the molecule is CC1CN(c2cc(Br)ccc2Cl)S(=O)(=O)C1. The van der Waals surface area contributed by atoms with Crippen molar-refractivity contribution < 1.29 is 8.42 Å². The van der Waals surface area contributed by atoms with Crippen molar-refractivity contribution >= 4 is 43.2 Å². The quantitative estimate of drug-likeness (QED) is 0.796. The van der Waals surface area contributed by atoms with E-state index in [1.54, 1.807) is 18.2 Å². The molecule has 2 rings (SSSR count). The maximum Gasteiger partial charge on any atom is 0.235 e. The summed E-state index contributed by atoms with van der Waals surface area (Å²) in [5, 5.41) is 0.459. The fourth-order valence-corrected chi connectivity index (χ4v) is 4.38. The summed E-state index contributed by atoms with van der Waals surface area (Å²) in [6.45, 7) is 2.42. The Morgan fingerprint density at radius 1 is 1.50 bits per heavy atom. The third-order valence-electron chi connectivity index (χ3n) is 2.49. The maximum absolute atomic E-state index is 11.9. The van der Waals surface area contributed by atoms with E-state index in [1.165, 1.54) is 4.31 Å². The van der Waals surface area contributed by atoms with Gasteiger partial charge in [0.1, 0.15) is 0 Å². The Hall–Kier alpha value is -0.260. The fraction of sp³-hybridized carbons (Fsp3) is 0.400. The molecule has 0 aromatic heterocycles. The average Bonchev–Trinajstić information content (AvgIpc) is 2.43.